The molecule has 0 fully saturated rings. The molecular formula is C21H20O7. The standard InChI is InChI=1S/C21H20O7/c1-24-17-7-12(8-18(25-2)20(17)26-3)19-13(21(22)23)5-4-11-6-15-16(9-14(11)19)28-10-27-15/h4-9,13,19H,10H2,1-3H3,(H,22,23). The molecule has 7 heteroatoms. The number of methoxy groups -OCH3 is 3. The van der Waals surface area contributed by atoms with Crippen LogP contribution in [0.1, 0.15) is 22.6 Å². The third kappa shape index (κ3) is 2.79. The minimum Gasteiger partial charge on any atom is -0.493 e. The average Bonchev–Trinajstić information content (AvgIpc) is 3.17. The molecule has 1 heterocycles. The molecule has 146 valence electrons. The SMILES string of the molecule is COc1cc(C2c3cc4c(cc3C=CC2C(=O)O)OCO4)cc(OC)c1OC. The summed E-state index contributed by atoms with van der Waals surface area (Å²) in [4.78, 5) is 12.0. The number of benzene rings is 2. The van der Waals surface area contributed by atoms with Gasteiger partial charge >= 0.3 is 5.97 Å². The molecule has 1 aliphatic heterocycles. The van der Waals surface area contributed by atoms with Gasteiger partial charge in [-0.3, -0.25) is 4.79 Å². The monoisotopic (exact) mass is 384 g/mol. The molecule has 0 radical (unpaired) electrons. The number of carboxylic acid groups (broad SMARTS) is 1. The lowest BCUT2D eigenvalue weighted by Gasteiger charge is -2.29. The average molecular weight is 384 g/mol. The van der Waals surface area contributed by atoms with Crippen LogP contribution >= 0.6 is 0 Å². The summed E-state index contributed by atoms with van der Waals surface area (Å²) in [7, 11) is 4.59. The van der Waals surface area contributed by atoms with E-state index in [0.29, 0.717) is 28.7 Å². The highest BCUT2D eigenvalue weighted by atomic mass is 16.7. The first-order valence-electron chi connectivity index (χ1n) is 8.71. The highest BCUT2D eigenvalue weighted by molar-refractivity contribution is 5.80. The molecule has 2 atom stereocenters. The lowest BCUT2D eigenvalue weighted by Crippen LogP contribution is -2.24. The van der Waals surface area contributed by atoms with Crippen LogP contribution in [0.4, 0.5) is 0 Å². The molecule has 2 aliphatic rings. The van der Waals surface area contributed by atoms with E-state index >= 15 is 0 Å². The Bertz CT molecular complexity index is 938. The summed E-state index contributed by atoms with van der Waals surface area (Å²) in [5, 5.41) is 9.85. The zero-order chi connectivity index (χ0) is 19.8. The normalized spacial score (nSPS) is 19.1. The molecule has 0 saturated carbocycles. The van der Waals surface area contributed by atoms with Gasteiger partial charge in [-0.2, -0.15) is 0 Å². The van der Waals surface area contributed by atoms with E-state index in [1.807, 2.05) is 18.2 Å². The van der Waals surface area contributed by atoms with Gasteiger partial charge in [0, 0.05) is 5.92 Å². The maximum absolute atomic E-state index is 12.0. The van der Waals surface area contributed by atoms with Crippen molar-refractivity contribution in [3.8, 4) is 28.7 Å². The molecule has 2 unspecified atom stereocenters. The molecule has 28 heavy (non-hydrogen) atoms. The first-order valence-corrected chi connectivity index (χ1v) is 8.71. The third-order valence-electron chi connectivity index (χ3n) is 5.09. The van der Waals surface area contributed by atoms with Crippen molar-refractivity contribution in [2.24, 2.45) is 5.92 Å². The fourth-order valence-corrected chi connectivity index (χ4v) is 3.79. The van der Waals surface area contributed by atoms with Gasteiger partial charge in [0.15, 0.2) is 23.0 Å². The molecule has 4 rings (SSSR count). The van der Waals surface area contributed by atoms with Crippen LogP contribution in [0.2, 0.25) is 0 Å². The minimum atomic E-state index is -0.918. The van der Waals surface area contributed by atoms with Crippen LogP contribution in [0.3, 0.4) is 0 Å². The molecule has 2 aromatic carbocycles. The van der Waals surface area contributed by atoms with E-state index in [-0.39, 0.29) is 6.79 Å². The van der Waals surface area contributed by atoms with Gasteiger partial charge in [-0.05, 0) is 41.0 Å². The van der Waals surface area contributed by atoms with Crippen LogP contribution in [0, 0.1) is 5.92 Å². The number of aliphatic carboxylic acids is 1. The molecule has 0 aromatic heterocycles. The Balaban J connectivity index is 1.92. The van der Waals surface area contributed by atoms with Gasteiger partial charge in [0.1, 0.15) is 0 Å². The van der Waals surface area contributed by atoms with Gasteiger partial charge in [0.05, 0.1) is 27.2 Å². The summed E-state index contributed by atoms with van der Waals surface area (Å²) in [6.45, 7) is 0.152. The fourth-order valence-electron chi connectivity index (χ4n) is 3.79. The van der Waals surface area contributed by atoms with Crippen LogP contribution in [0.15, 0.2) is 30.3 Å². The van der Waals surface area contributed by atoms with Gasteiger partial charge in [-0.1, -0.05) is 12.2 Å². The number of carbonyl (C=O) groups is 1. The van der Waals surface area contributed by atoms with Crippen LogP contribution in [-0.2, 0) is 4.79 Å². The summed E-state index contributed by atoms with van der Waals surface area (Å²) in [5.41, 5.74) is 2.47. The maximum Gasteiger partial charge on any atom is 0.311 e. The van der Waals surface area contributed by atoms with E-state index < -0.39 is 17.8 Å². The van der Waals surface area contributed by atoms with Crippen molar-refractivity contribution in [2.75, 3.05) is 28.1 Å². The maximum atomic E-state index is 12.0. The summed E-state index contributed by atoms with van der Waals surface area (Å²) in [6, 6.07) is 7.30. The summed E-state index contributed by atoms with van der Waals surface area (Å²) < 4.78 is 27.3. The fraction of sp³-hybridized carbons (Fsp3) is 0.286. The number of ether oxygens (including phenoxy) is 5. The third-order valence-corrected chi connectivity index (χ3v) is 5.09. The smallest absolute Gasteiger partial charge is 0.311 e. The second kappa shape index (κ2) is 6.99. The van der Waals surface area contributed by atoms with Crippen LogP contribution < -0.4 is 23.7 Å². The van der Waals surface area contributed by atoms with Crippen molar-refractivity contribution >= 4 is 12.0 Å². The summed E-state index contributed by atoms with van der Waals surface area (Å²) in [5.74, 6) is 0.528. The second-order valence-electron chi connectivity index (χ2n) is 6.49. The Hall–Kier alpha value is -3.35. The Morgan fingerprint density at radius 2 is 1.64 bits per heavy atom. The van der Waals surface area contributed by atoms with Gasteiger partial charge in [0.25, 0.3) is 0 Å². The first kappa shape index (κ1) is 18.0. The zero-order valence-corrected chi connectivity index (χ0v) is 15.7. The van der Waals surface area contributed by atoms with Crippen molar-refractivity contribution < 1.29 is 33.6 Å². The Kier molecular flexibility index (Phi) is 4.50. The van der Waals surface area contributed by atoms with Crippen LogP contribution in [0.25, 0.3) is 6.08 Å². The predicted molar refractivity (Wildman–Crippen MR) is 101 cm³/mol. The molecule has 2 aromatic rings. The van der Waals surface area contributed by atoms with Gasteiger partial charge < -0.3 is 28.8 Å². The van der Waals surface area contributed by atoms with E-state index in [9.17, 15) is 9.90 Å². The van der Waals surface area contributed by atoms with Crippen molar-refractivity contribution in [1.29, 1.82) is 0 Å². The molecule has 1 aliphatic carbocycles. The van der Waals surface area contributed by atoms with Gasteiger partial charge in [-0.15, -0.1) is 0 Å². The van der Waals surface area contributed by atoms with E-state index in [2.05, 4.69) is 0 Å². The quantitative estimate of drug-likeness (QED) is 0.847. The molecule has 0 saturated heterocycles. The van der Waals surface area contributed by atoms with Crippen molar-refractivity contribution in [3.63, 3.8) is 0 Å². The van der Waals surface area contributed by atoms with E-state index in [0.717, 1.165) is 16.7 Å². The minimum absolute atomic E-state index is 0.152. The Morgan fingerprint density at radius 1 is 1.00 bits per heavy atom. The highest BCUT2D eigenvalue weighted by Gasteiger charge is 2.35. The molecule has 0 amide bonds. The number of hydrogen-bond donors (Lipinski definition) is 1. The lowest BCUT2D eigenvalue weighted by molar-refractivity contribution is -0.140. The number of fused-ring (bicyclic) bond motifs is 2. The Morgan fingerprint density at radius 3 is 2.21 bits per heavy atom. The highest BCUT2D eigenvalue weighted by Crippen LogP contribution is 2.48. The number of hydrogen-bond acceptors (Lipinski definition) is 6. The molecular weight excluding hydrogens is 364 g/mol. The number of carboxylic acids is 1. The molecule has 1 N–H and O–H groups in total. The van der Waals surface area contributed by atoms with Crippen molar-refractivity contribution in [3.05, 3.63) is 47.0 Å². The molecule has 0 spiro atoms. The lowest BCUT2D eigenvalue weighted by atomic mass is 9.75. The van der Waals surface area contributed by atoms with Crippen LogP contribution in [-0.4, -0.2) is 39.2 Å². The first-order chi connectivity index (χ1) is 13.6. The van der Waals surface area contributed by atoms with E-state index in [4.69, 9.17) is 23.7 Å². The summed E-state index contributed by atoms with van der Waals surface area (Å²) in [6.07, 6.45) is 3.51. The number of rotatable bonds is 5. The van der Waals surface area contributed by atoms with Crippen molar-refractivity contribution in [1.82, 2.24) is 0 Å². The van der Waals surface area contributed by atoms with E-state index in [1.165, 1.54) is 21.3 Å². The Labute approximate surface area is 162 Å². The molecule has 7 nitrogen and oxygen atoms in total. The molecule has 0 bridgehead atoms. The van der Waals surface area contributed by atoms with E-state index in [1.54, 1.807) is 18.2 Å². The van der Waals surface area contributed by atoms with Crippen LogP contribution in [0.5, 0.6) is 28.7 Å². The van der Waals surface area contributed by atoms with Gasteiger partial charge in [-0.25, -0.2) is 0 Å². The van der Waals surface area contributed by atoms with Crippen molar-refractivity contribution in [2.45, 2.75) is 5.92 Å². The topological polar surface area (TPSA) is 83.5 Å². The van der Waals surface area contributed by atoms with Gasteiger partial charge in [0.2, 0.25) is 12.5 Å². The summed E-state index contributed by atoms with van der Waals surface area (Å²) >= 11 is 0. The zero-order valence-electron chi connectivity index (χ0n) is 15.7. The largest absolute Gasteiger partial charge is 0.493 e. The second-order valence-corrected chi connectivity index (χ2v) is 6.49. The predicted octanol–water partition coefficient (Wildman–Crippen LogP) is 3.30.